The van der Waals surface area contributed by atoms with Gasteiger partial charge in [-0.25, -0.2) is 17.9 Å². The summed E-state index contributed by atoms with van der Waals surface area (Å²) in [4.78, 5) is 15.7. The van der Waals surface area contributed by atoms with Gasteiger partial charge in [0.2, 0.25) is 0 Å². The van der Waals surface area contributed by atoms with Gasteiger partial charge in [0, 0.05) is 31.9 Å². The second kappa shape index (κ2) is 4.64. The molecule has 0 aromatic heterocycles. The fraction of sp³-hybridized carbons (Fsp3) is 0.417. The molecule has 1 fully saturated rings. The Kier molecular flexibility index (Phi) is 3.06. The Hall–Kier alpha value is -1.80. The summed E-state index contributed by atoms with van der Waals surface area (Å²) in [6.07, 6.45) is 0. The van der Waals surface area contributed by atoms with Gasteiger partial charge in [-0.15, -0.1) is 0 Å². The number of urea groups is 1. The van der Waals surface area contributed by atoms with Crippen molar-refractivity contribution in [3.8, 4) is 0 Å². The molecule has 2 heterocycles. The highest BCUT2D eigenvalue weighted by Gasteiger charge is 2.28. The molecule has 108 valence electrons. The van der Waals surface area contributed by atoms with Crippen LogP contribution in [0.2, 0.25) is 0 Å². The SMILES string of the molecule is CN1CCN(c2ccc3c(c2)S(=O)(=O)NC(=O)N3)CC1. The maximum absolute atomic E-state index is 12.0. The Morgan fingerprint density at radius 1 is 1.15 bits per heavy atom. The summed E-state index contributed by atoms with van der Waals surface area (Å²) in [6.45, 7) is 3.60. The van der Waals surface area contributed by atoms with E-state index in [0.29, 0.717) is 5.69 Å². The Balaban J connectivity index is 1.95. The molecule has 0 bridgehead atoms. The van der Waals surface area contributed by atoms with Gasteiger partial charge in [0.05, 0.1) is 5.69 Å². The number of rotatable bonds is 1. The number of likely N-dealkylation sites (N-methyl/N-ethyl adjacent to an activating group) is 1. The van der Waals surface area contributed by atoms with Crippen molar-refractivity contribution in [3.05, 3.63) is 18.2 Å². The average Bonchev–Trinajstić information content (AvgIpc) is 2.38. The van der Waals surface area contributed by atoms with E-state index in [1.165, 1.54) is 0 Å². The summed E-state index contributed by atoms with van der Waals surface area (Å²) in [5.74, 6) is 0. The molecule has 20 heavy (non-hydrogen) atoms. The molecule has 7 nitrogen and oxygen atoms in total. The van der Waals surface area contributed by atoms with E-state index in [4.69, 9.17) is 0 Å². The van der Waals surface area contributed by atoms with Crippen LogP contribution < -0.4 is 14.9 Å². The number of carbonyl (C=O) groups is 1. The van der Waals surface area contributed by atoms with Gasteiger partial charge in [0.1, 0.15) is 4.90 Å². The molecule has 1 saturated heterocycles. The lowest BCUT2D eigenvalue weighted by atomic mass is 10.2. The third-order valence-corrected chi connectivity index (χ3v) is 4.97. The van der Waals surface area contributed by atoms with Crippen molar-refractivity contribution in [2.24, 2.45) is 0 Å². The number of nitrogens with zero attached hydrogens (tertiary/aromatic N) is 2. The molecule has 1 aromatic carbocycles. The van der Waals surface area contributed by atoms with E-state index < -0.39 is 16.1 Å². The zero-order chi connectivity index (χ0) is 14.3. The number of carbonyl (C=O) groups excluding carboxylic acids is 1. The van der Waals surface area contributed by atoms with Gasteiger partial charge in [-0.2, -0.15) is 0 Å². The number of hydrogen-bond donors (Lipinski definition) is 2. The fourth-order valence-corrected chi connectivity index (χ4v) is 3.51. The minimum Gasteiger partial charge on any atom is -0.369 e. The monoisotopic (exact) mass is 296 g/mol. The first-order valence-corrected chi connectivity index (χ1v) is 7.85. The van der Waals surface area contributed by atoms with Crippen molar-refractivity contribution >= 4 is 27.4 Å². The van der Waals surface area contributed by atoms with Gasteiger partial charge in [0.25, 0.3) is 10.0 Å². The van der Waals surface area contributed by atoms with Crippen LogP contribution in [-0.4, -0.2) is 52.6 Å². The molecule has 0 spiro atoms. The normalized spacial score (nSPS) is 21.9. The van der Waals surface area contributed by atoms with Gasteiger partial charge in [-0.1, -0.05) is 0 Å². The molecule has 0 radical (unpaired) electrons. The van der Waals surface area contributed by atoms with Gasteiger partial charge in [-0.05, 0) is 25.2 Å². The van der Waals surface area contributed by atoms with Crippen molar-refractivity contribution in [1.82, 2.24) is 9.62 Å². The molecular weight excluding hydrogens is 280 g/mol. The lowest BCUT2D eigenvalue weighted by Gasteiger charge is -2.34. The van der Waals surface area contributed by atoms with E-state index in [-0.39, 0.29) is 4.90 Å². The van der Waals surface area contributed by atoms with Crippen LogP contribution in [0, 0.1) is 0 Å². The van der Waals surface area contributed by atoms with Crippen molar-refractivity contribution in [1.29, 1.82) is 0 Å². The van der Waals surface area contributed by atoms with Crippen LogP contribution in [0.1, 0.15) is 0 Å². The number of benzene rings is 1. The van der Waals surface area contributed by atoms with Gasteiger partial charge >= 0.3 is 6.03 Å². The molecule has 0 aliphatic carbocycles. The topological polar surface area (TPSA) is 81.8 Å². The molecule has 1 aromatic rings. The highest BCUT2D eigenvalue weighted by Crippen LogP contribution is 2.29. The van der Waals surface area contributed by atoms with Crippen LogP contribution in [0.4, 0.5) is 16.2 Å². The largest absolute Gasteiger partial charge is 0.369 e. The maximum Gasteiger partial charge on any atom is 0.333 e. The van der Waals surface area contributed by atoms with Crippen LogP contribution >= 0.6 is 0 Å². The number of hydrogen-bond acceptors (Lipinski definition) is 5. The van der Waals surface area contributed by atoms with E-state index in [2.05, 4.69) is 22.2 Å². The zero-order valence-electron chi connectivity index (χ0n) is 11.1. The van der Waals surface area contributed by atoms with Crippen molar-refractivity contribution in [3.63, 3.8) is 0 Å². The molecule has 2 aliphatic heterocycles. The Morgan fingerprint density at radius 2 is 1.85 bits per heavy atom. The molecule has 0 saturated carbocycles. The lowest BCUT2D eigenvalue weighted by Crippen LogP contribution is -2.44. The molecule has 2 N–H and O–H groups in total. The van der Waals surface area contributed by atoms with E-state index in [9.17, 15) is 13.2 Å². The Labute approximate surface area is 117 Å². The summed E-state index contributed by atoms with van der Waals surface area (Å²) in [7, 11) is -1.70. The number of amides is 2. The Bertz CT molecular complexity index is 651. The standard InChI is InChI=1S/C12H16N4O3S/c1-15-4-6-16(7-5-15)9-2-3-10-11(8-9)20(18,19)14-12(17)13-10/h2-3,8H,4-7H2,1H3,(H2,13,14,17). The predicted octanol–water partition coefficient (Wildman–Crippen LogP) is 0.262. The number of fused-ring (bicyclic) bond motifs is 1. The van der Waals surface area contributed by atoms with Crippen molar-refractivity contribution in [2.45, 2.75) is 4.90 Å². The van der Waals surface area contributed by atoms with Gasteiger partial charge in [-0.3, -0.25) is 0 Å². The molecule has 2 aliphatic rings. The smallest absolute Gasteiger partial charge is 0.333 e. The summed E-state index contributed by atoms with van der Waals surface area (Å²) in [6, 6.07) is 4.37. The van der Waals surface area contributed by atoms with Crippen LogP contribution in [-0.2, 0) is 10.0 Å². The van der Waals surface area contributed by atoms with E-state index >= 15 is 0 Å². The summed E-state index contributed by atoms with van der Waals surface area (Å²) in [5, 5.41) is 2.50. The molecular formula is C12H16N4O3S. The number of anilines is 2. The first-order chi connectivity index (χ1) is 9.45. The van der Waals surface area contributed by atoms with E-state index in [1.807, 2.05) is 10.8 Å². The van der Waals surface area contributed by atoms with Crippen LogP contribution in [0.25, 0.3) is 0 Å². The van der Waals surface area contributed by atoms with Crippen LogP contribution in [0.3, 0.4) is 0 Å². The van der Waals surface area contributed by atoms with E-state index in [0.717, 1.165) is 31.9 Å². The summed E-state index contributed by atoms with van der Waals surface area (Å²) < 4.78 is 25.9. The zero-order valence-corrected chi connectivity index (χ0v) is 11.9. The molecule has 8 heteroatoms. The van der Waals surface area contributed by atoms with Gasteiger partial charge in [0.15, 0.2) is 0 Å². The molecule has 2 amide bonds. The number of piperazine rings is 1. The third kappa shape index (κ3) is 2.32. The minimum absolute atomic E-state index is 0.119. The summed E-state index contributed by atoms with van der Waals surface area (Å²) >= 11 is 0. The molecule has 0 unspecified atom stereocenters. The van der Waals surface area contributed by atoms with Crippen LogP contribution in [0.5, 0.6) is 0 Å². The first kappa shape index (κ1) is 13.2. The fourth-order valence-electron chi connectivity index (χ4n) is 2.42. The van der Waals surface area contributed by atoms with Crippen molar-refractivity contribution in [2.75, 3.05) is 43.4 Å². The highest BCUT2D eigenvalue weighted by molar-refractivity contribution is 7.90. The average molecular weight is 296 g/mol. The third-order valence-electron chi connectivity index (χ3n) is 3.60. The van der Waals surface area contributed by atoms with Crippen molar-refractivity contribution < 1.29 is 13.2 Å². The molecule has 3 rings (SSSR count). The second-order valence-electron chi connectivity index (χ2n) is 5.03. The maximum atomic E-state index is 12.0. The first-order valence-electron chi connectivity index (χ1n) is 6.37. The number of nitrogens with one attached hydrogen (secondary N) is 2. The Morgan fingerprint density at radius 3 is 2.55 bits per heavy atom. The quantitative estimate of drug-likeness (QED) is 0.777. The summed E-state index contributed by atoms with van der Waals surface area (Å²) in [5.41, 5.74) is 1.19. The lowest BCUT2D eigenvalue weighted by molar-refractivity contribution is 0.256. The van der Waals surface area contributed by atoms with E-state index in [1.54, 1.807) is 12.1 Å². The minimum atomic E-state index is -3.76. The predicted molar refractivity (Wildman–Crippen MR) is 75.5 cm³/mol. The number of sulfonamides is 1. The second-order valence-corrected chi connectivity index (χ2v) is 6.68. The van der Waals surface area contributed by atoms with Gasteiger partial charge < -0.3 is 15.1 Å². The molecule has 0 atom stereocenters. The highest BCUT2D eigenvalue weighted by atomic mass is 32.2. The van der Waals surface area contributed by atoms with Crippen LogP contribution in [0.15, 0.2) is 23.1 Å².